The van der Waals surface area contributed by atoms with Crippen LogP contribution in [0, 0.1) is 11.3 Å². The van der Waals surface area contributed by atoms with Gasteiger partial charge in [0.05, 0.1) is 18.7 Å². The molecule has 0 atom stereocenters. The fraction of sp³-hybridized carbons (Fsp3) is 0.0833. The number of methoxy groups -OCH3 is 1. The van der Waals surface area contributed by atoms with E-state index in [2.05, 4.69) is 25.9 Å². The predicted molar refractivity (Wildman–Crippen MR) is 67.5 cm³/mol. The summed E-state index contributed by atoms with van der Waals surface area (Å²) in [5, 5.41) is 8.90. The summed E-state index contributed by atoms with van der Waals surface area (Å²) < 4.78 is 11.2. The largest absolute Gasteiger partial charge is 0.497 e. The number of nitriles is 1. The summed E-state index contributed by atoms with van der Waals surface area (Å²) in [6, 6.07) is 8.58. The van der Waals surface area contributed by atoms with E-state index < -0.39 is 0 Å². The van der Waals surface area contributed by atoms with Crippen molar-refractivity contribution in [1.82, 2.24) is 9.97 Å². The molecule has 0 aliphatic carbocycles. The van der Waals surface area contributed by atoms with Crippen LogP contribution in [0.2, 0.25) is 0 Å². The van der Waals surface area contributed by atoms with Gasteiger partial charge in [-0.1, -0.05) is 0 Å². The molecule has 1 heterocycles. The zero-order valence-corrected chi connectivity index (χ0v) is 11.0. The Labute approximate surface area is 112 Å². The van der Waals surface area contributed by atoms with Crippen molar-refractivity contribution in [2.75, 3.05) is 7.11 Å². The summed E-state index contributed by atoms with van der Waals surface area (Å²) >= 11 is 3.22. The molecule has 0 saturated heterocycles. The lowest BCUT2D eigenvalue weighted by molar-refractivity contribution is 0.407. The smallest absolute Gasteiger partial charge is 0.223 e. The normalized spacial score (nSPS) is 9.61. The average Bonchev–Trinajstić information content (AvgIpc) is 2.38. The third-order valence-electron chi connectivity index (χ3n) is 2.08. The van der Waals surface area contributed by atoms with Crippen LogP contribution in [-0.4, -0.2) is 17.1 Å². The summed E-state index contributed by atoms with van der Waals surface area (Å²) in [5.41, 5.74) is 0.456. The third-order valence-corrected chi connectivity index (χ3v) is 2.51. The van der Waals surface area contributed by atoms with Crippen LogP contribution in [0.3, 0.4) is 0 Å². The first-order valence-corrected chi connectivity index (χ1v) is 5.75. The van der Waals surface area contributed by atoms with Crippen molar-refractivity contribution in [2.45, 2.75) is 0 Å². The fourth-order valence-corrected chi connectivity index (χ4v) is 1.59. The first-order chi connectivity index (χ1) is 8.71. The molecule has 0 amide bonds. The van der Waals surface area contributed by atoms with Crippen molar-refractivity contribution < 1.29 is 9.47 Å². The third kappa shape index (κ3) is 2.96. The first kappa shape index (κ1) is 12.3. The molecule has 1 aromatic heterocycles. The maximum absolute atomic E-state index is 8.90. The van der Waals surface area contributed by atoms with Gasteiger partial charge in [-0.15, -0.1) is 0 Å². The maximum atomic E-state index is 8.90. The highest BCUT2D eigenvalue weighted by molar-refractivity contribution is 9.10. The molecule has 18 heavy (non-hydrogen) atoms. The van der Waals surface area contributed by atoms with Crippen molar-refractivity contribution in [3.8, 4) is 23.4 Å². The molecule has 5 nitrogen and oxygen atoms in total. The molecular formula is C12H8BrN3O2. The van der Waals surface area contributed by atoms with Gasteiger partial charge >= 0.3 is 0 Å². The molecule has 90 valence electrons. The van der Waals surface area contributed by atoms with Gasteiger partial charge in [-0.2, -0.15) is 5.26 Å². The van der Waals surface area contributed by atoms with Gasteiger partial charge in [-0.05, 0) is 28.1 Å². The molecular weight excluding hydrogens is 298 g/mol. The zero-order chi connectivity index (χ0) is 13.0. The molecule has 6 heteroatoms. The number of rotatable bonds is 3. The highest BCUT2D eigenvalue weighted by atomic mass is 79.9. The van der Waals surface area contributed by atoms with Gasteiger partial charge in [-0.25, -0.2) is 9.97 Å². The second-order valence-corrected chi connectivity index (χ2v) is 4.10. The van der Waals surface area contributed by atoms with Gasteiger partial charge < -0.3 is 9.47 Å². The number of hydrogen-bond acceptors (Lipinski definition) is 5. The van der Waals surface area contributed by atoms with Gasteiger partial charge in [0.25, 0.3) is 0 Å². The minimum atomic E-state index is 0.383. The number of ether oxygens (including phenoxy) is 2. The van der Waals surface area contributed by atoms with E-state index in [0.717, 1.165) is 0 Å². The summed E-state index contributed by atoms with van der Waals surface area (Å²) in [6.45, 7) is 0. The van der Waals surface area contributed by atoms with E-state index in [0.29, 0.717) is 27.5 Å². The number of halogens is 1. The minimum absolute atomic E-state index is 0.383. The monoisotopic (exact) mass is 305 g/mol. The van der Waals surface area contributed by atoms with Gasteiger partial charge in [-0.3, -0.25) is 0 Å². The fourth-order valence-electron chi connectivity index (χ4n) is 1.31. The Morgan fingerprint density at radius 2 is 1.94 bits per heavy atom. The molecule has 0 saturated carbocycles. The lowest BCUT2D eigenvalue weighted by Crippen LogP contribution is -1.91. The van der Waals surface area contributed by atoms with Gasteiger partial charge in [0.15, 0.2) is 0 Å². The molecule has 2 aromatic rings. The SMILES string of the molecule is COc1cc(C#N)cc(Oc2cc(Br)ncn2)c1. The van der Waals surface area contributed by atoms with Crippen LogP contribution < -0.4 is 9.47 Å². The highest BCUT2D eigenvalue weighted by Gasteiger charge is 2.05. The summed E-state index contributed by atoms with van der Waals surface area (Å²) in [5.74, 6) is 1.42. The topological polar surface area (TPSA) is 68.0 Å². The zero-order valence-electron chi connectivity index (χ0n) is 9.42. The van der Waals surface area contributed by atoms with E-state index in [9.17, 15) is 0 Å². The number of hydrogen-bond donors (Lipinski definition) is 0. The molecule has 0 radical (unpaired) electrons. The second-order valence-electron chi connectivity index (χ2n) is 3.29. The molecule has 0 unspecified atom stereocenters. The van der Waals surface area contributed by atoms with Crippen molar-refractivity contribution >= 4 is 15.9 Å². The molecule has 0 aliphatic rings. The van der Waals surface area contributed by atoms with Crippen LogP contribution in [0.5, 0.6) is 17.4 Å². The Morgan fingerprint density at radius 1 is 1.17 bits per heavy atom. The van der Waals surface area contributed by atoms with Gasteiger partial charge in [0, 0.05) is 12.1 Å². The molecule has 1 aromatic carbocycles. The Hall–Kier alpha value is -2.13. The van der Waals surface area contributed by atoms with Crippen LogP contribution in [-0.2, 0) is 0 Å². The van der Waals surface area contributed by atoms with Crippen LogP contribution in [0.25, 0.3) is 0 Å². The number of nitrogens with zero attached hydrogens (tertiary/aromatic N) is 3. The summed E-state index contributed by atoms with van der Waals surface area (Å²) in [4.78, 5) is 7.86. The Balaban J connectivity index is 2.31. The lowest BCUT2D eigenvalue weighted by atomic mass is 10.2. The van der Waals surface area contributed by atoms with Crippen molar-refractivity contribution in [2.24, 2.45) is 0 Å². The van der Waals surface area contributed by atoms with Crippen LogP contribution in [0.15, 0.2) is 35.2 Å². The van der Waals surface area contributed by atoms with E-state index in [1.807, 2.05) is 6.07 Å². The van der Waals surface area contributed by atoms with Crippen LogP contribution >= 0.6 is 15.9 Å². The van der Waals surface area contributed by atoms with Gasteiger partial charge in [0.1, 0.15) is 22.4 Å². The second kappa shape index (κ2) is 5.47. The van der Waals surface area contributed by atoms with Crippen LogP contribution in [0.1, 0.15) is 5.56 Å². The van der Waals surface area contributed by atoms with E-state index in [1.165, 1.54) is 13.4 Å². The first-order valence-electron chi connectivity index (χ1n) is 4.96. The van der Waals surface area contributed by atoms with E-state index in [-0.39, 0.29) is 0 Å². The van der Waals surface area contributed by atoms with Crippen LogP contribution in [0.4, 0.5) is 0 Å². The van der Waals surface area contributed by atoms with E-state index >= 15 is 0 Å². The van der Waals surface area contributed by atoms with E-state index in [4.69, 9.17) is 14.7 Å². The predicted octanol–water partition coefficient (Wildman–Crippen LogP) is 2.91. The number of aromatic nitrogens is 2. The molecule has 0 fully saturated rings. The minimum Gasteiger partial charge on any atom is -0.497 e. The van der Waals surface area contributed by atoms with Crippen molar-refractivity contribution in [1.29, 1.82) is 5.26 Å². The highest BCUT2D eigenvalue weighted by Crippen LogP contribution is 2.26. The quantitative estimate of drug-likeness (QED) is 0.816. The maximum Gasteiger partial charge on any atom is 0.223 e. The van der Waals surface area contributed by atoms with Gasteiger partial charge in [0.2, 0.25) is 5.88 Å². The average molecular weight is 306 g/mol. The molecule has 0 spiro atoms. The molecule has 0 bridgehead atoms. The molecule has 2 rings (SSSR count). The lowest BCUT2D eigenvalue weighted by Gasteiger charge is -2.07. The Bertz CT molecular complexity index is 611. The van der Waals surface area contributed by atoms with Crippen molar-refractivity contribution in [3.63, 3.8) is 0 Å². The standard InChI is InChI=1S/C12H8BrN3O2/c1-17-9-2-8(6-14)3-10(4-9)18-12-5-11(13)15-7-16-12/h2-5,7H,1H3. The summed E-state index contributed by atoms with van der Waals surface area (Å²) in [7, 11) is 1.53. The molecule has 0 N–H and O–H groups in total. The molecule has 0 aliphatic heterocycles. The Kier molecular flexibility index (Phi) is 3.75. The van der Waals surface area contributed by atoms with E-state index in [1.54, 1.807) is 24.3 Å². The summed E-state index contributed by atoms with van der Waals surface area (Å²) in [6.07, 6.45) is 1.38. The number of benzene rings is 1. The Morgan fingerprint density at radius 3 is 2.61 bits per heavy atom. The van der Waals surface area contributed by atoms with Crippen molar-refractivity contribution in [3.05, 3.63) is 40.8 Å².